The van der Waals surface area contributed by atoms with E-state index in [0.717, 1.165) is 16.2 Å². The van der Waals surface area contributed by atoms with Crippen molar-refractivity contribution in [1.82, 2.24) is 4.57 Å². The van der Waals surface area contributed by atoms with Crippen molar-refractivity contribution in [2.45, 2.75) is 29.7 Å². The van der Waals surface area contributed by atoms with Gasteiger partial charge in [0, 0.05) is 16.0 Å². The lowest BCUT2D eigenvalue weighted by atomic mass is 9.96. The predicted octanol–water partition coefficient (Wildman–Crippen LogP) is 6.28. The molecule has 3 aromatic carbocycles. The largest absolute Gasteiger partial charge is 0.496 e. The Hall–Kier alpha value is -3.71. The zero-order chi connectivity index (χ0) is 30.8. The first kappa shape index (κ1) is 30.7. The third kappa shape index (κ3) is 6.32. The summed E-state index contributed by atoms with van der Waals surface area (Å²) in [6, 6.07) is 16.3. The van der Waals surface area contributed by atoms with Crippen LogP contribution in [0.5, 0.6) is 5.75 Å². The SMILES string of the molecule is CCOC(=O)C1=C(C)N=c2s/c(=C\c3ccc(Sc4ccc(Cl)cc4)c([N+](=O)[O-])c3)c(=O)n2[C@@H]1c1ccc(OC)c(Br)c1. The quantitative estimate of drug-likeness (QED) is 0.121. The van der Waals surface area contributed by atoms with Crippen molar-refractivity contribution in [3.05, 3.63) is 122 Å². The molecule has 0 radical (unpaired) electrons. The van der Waals surface area contributed by atoms with Gasteiger partial charge in [-0.15, -0.1) is 0 Å². The Morgan fingerprint density at radius 2 is 1.95 bits per heavy atom. The Morgan fingerprint density at radius 1 is 1.21 bits per heavy atom. The first-order valence-electron chi connectivity index (χ1n) is 12.9. The zero-order valence-corrected chi connectivity index (χ0v) is 27.0. The molecule has 0 bridgehead atoms. The average Bonchev–Trinajstić information content (AvgIpc) is 3.28. The van der Waals surface area contributed by atoms with E-state index < -0.39 is 22.5 Å². The lowest BCUT2D eigenvalue weighted by molar-refractivity contribution is -0.387. The van der Waals surface area contributed by atoms with Crippen LogP contribution in [0.15, 0.2) is 96.0 Å². The molecule has 0 N–H and O–H groups in total. The molecule has 0 aliphatic carbocycles. The van der Waals surface area contributed by atoms with Crippen molar-refractivity contribution in [3.8, 4) is 5.75 Å². The number of rotatable bonds is 8. The smallest absolute Gasteiger partial charge is 0.338 e. The van der Waals surface area contributed by atoms with Crippen molar-refractivity contribution in [1.29, 1.82) is 0 Å². The second-order valence-corrected chi connectivity index (χ2v) is 12.7. The zero-order valence-electron chi connectivity index (χ0n) is 23.0. The van der Waals surface area contributed by atoms with Gasteiger partial charge in [-0.2, -0.15) is 0 Å². The van der Waals surface area contributed by atoms with Crippen molar-refractivity contribution >= 4 is 68.4 Å². The number of carbonyl (C=O) groups excluding carboxylic acids is 1. The molecule has 13 heteroatoms. The van der Waals surface area contributed by atoms with E-state index in [0.29, 0.717) is 46.3 Å². The van der Waals surface area contributed by atoms with E-state index >= 15 is 0 Å². The molecule has 0 amide bonds. The number of hydrogen-bond acceptors (Lipinski definition) is 9. The van der Waals surface area contributed by atoms with Gasteiger partial charge in [-0.3, -0.25) is 19.5 Å². The number of nitro benzene ring substituents is 1. The van der Waals surface area contributed by atoms with Gasteiger partial charge in [-0.1, -0.05) is 46.8 Å². The van der Waals surface area contributed by atoms with Gasteiger partial charge < -0.3 is 9.47 Å². The average molecular weight is 701 g/mol. The third-order valence-electron chi connectivity index (χ3n) is 6.53. The first-order chi connectivity index (χ1) is 20.6. The highest BCUT2D eigenvalue weighted by Crippen LogP contribution is 2.37. The minimum absolute atomic E-state index is 0.0946. The van der Waals surface area contributed by atoms with Crippen LogP contribution in [0, 0.1) is 10.1 Å². The number of aromatic nitrogens is 1. The minimum atomic E-state index is -0.813. The van der Waals surface area contributed by atoms with Crippen LogP contribution in [0.25, 0.3) is 6.08 Å². The van der Waals surface area contributed by atoms with Gasteiger partial charge in [-0.25, -0.2) is 9.79 Å². The maximum Gasteiger partial charge on any atom is 0.338 e. The van der Waals surface area contributed by atoms with E-state index in [4.69, 9.17) is 21.1 Å². The number of carbonyl (C=O) groups is 1. The molecule has 1 aliphatic rings. The van der Waals surface area contributed by atoms with E-state index in [1.807, 2.05) is 0 Å². The third-order valence-corrected chi connectivity index (χ3v) is 9.46. The number of thiazole rings is 1. The lowest BCUT2D eigenvalue weighted by Crippen LogP contribution is -2.40. The van der Waals surface area contributed by atoms with E-state index in [-0.39, 0.29) is 17.9 Å². The molecule has 0 unspecified atom stereocenters. The van der Waals surface area contributed by atoms with Gasteiger partial charge >= 0.3 is 5.97 Å². The fourth-order valence-electron chi connectivity index (χ4n) is 4.59. The molecule has 1 aromatic heterocycles. The van der Waals surface area contributed by atoms with Gasteiger partial charge in [0.05, 0.1) is 49.9 Å². The van der Waals surface area contributed by atoms with Gasteiger partial charge in [0.15, 0.2) is 4.80 Å². The minimum Gasteiger partial charge on any atom is -0.496 e. The second-order valence-electron chi connectivity index (χ2n) is 9.24. The number of esters is 1. The van der Waals surface area contributed by atoms with Crippen LogP contribution in [-0.4, -0.2) is 29.2 Å². The first-order valence-corrected chi connectivity index (χ1v) is 15.7. The molecular formula is C30H23BrClN3O6S2. The Balaban J connectivity index is 1.62. The van der Waals surface area contributed by atoms with Crippen LogP contribution < -0.4 is 19.6 Å². The summed E-state index contributed by atoms with van der Waals surface area (Å²) < 4.78 is 13.1. The van der Waals surface area contributed by atoms with E-state index in [1.54, 1.807) is 81.6 Å². The Kier molecular flexibility index (Phi) is 9.21. The molecule has 9 nitrogen and oxygen atoms in total. The summed E-state index contributed by atoms with van der Waals surface area (Å²) in [6.45, 7) is 3.57. The molecule has 0 fully saturated rings. The van der Waals surface area contributed by atoms with Gasteiger partial charge in [0.2, 0.25) is 0 Å². The number of nitrogens with zero attached hydrogens (tertiary/aromatic N) is 3. The van der Waals surface area contributed by atoms with Crippen LogP contribution in [0.1, 0.15) is 31.0 Å². The molecular weight excluding hydrogens is 678 g/mol. The number of benzene rings is 3. The molecule has 220 valence electrons. The summed E-state index contributed by atoms with van der Waals surface area (Å²) in [5.41, 5.74) is 1.32. The second kappa shape index (κ2) is 12.9. The van der Waals surface area contributed by atoms with Crippen LogP contribution >= 0.6 is 50.6 Å². The normalized spacial score (nSPS) is 14.7. The van der Waals surface area contributed by atoms with Crippen LogP contribution in [0.4, 0.5) is 5.69 Å². The molecule has 0 saturated carbocycles. The van der Waals surface area contributed by atoms with Crippen molar-refractivity contribution in [2.75, 3.05) is 13.7 Å². The van der Waals surface area contributed by atoms with Crippen molar-refractivity contribution in [2.24, 2.45) is 4.99 Å². The molecule has 0 spiro atoms. The molecule has 4 aromatic rings. The molecule has 1 aliphatic heterocycles. The molecule has 43 heavy (non-hydrogen) atoms. The standard InChI is InChI=1S/C30H23BrClN3O6S2/c1-4-41-29(37)26-16(2)33-30-34(27(26)18-6-11-23(40-3)21(31)15-18)28(36)25(43-30)14-17-5-12-24(22(13-17)35(38)39)42-20-9-7-19(32)8-10-20/h5-15,27H,4H2,1-3H3/b25-14-/t27-/m1/s1. The summed E-state index contributed by atoms with van der Waals surface area (Å²) in [5.74, 6) is 0.0215. The van der Waals surface area contributed by atoms with Crippen molar-refractivity contribution in [3.63, 3.8) is 0 Å². The highest BCUT2D eigenvalue weighted by molar-refractivity contribution is 9.10. The van der Waals surface area contributed by atoms with Crippen LogP contribution in [0.3, 0.4) is 0 Å². The Labute approximate surface area is 267 Å². The van der Waals surface area contributed by atoms with E-state index in [2.05, 4.69) is 20.9 Å². The number of allylic oxidation sites excluding steroid dienone is 1. The highest BCUT2D eigenvalue weighted by atomic mass is 79.9. The maximum absolute atomic E-state index is 13.9. The fourth-order valence-corrected chi connectivity index (χ4v) is 7.22. The number of fused-ring (bicyclic) bond motifs is 1. The summed E-state index contributed by atoms with van der Waals surface area (Å²) in [7, 11) is 1.55. The molecule has 0 saturated heterocycles. The lowest BCUT2D eigenvalue weighted by Gasteiger charge is -2.25. The summed E-state index contributed by atoms with van der Waals surface area (Å²) in [5, 5.41) is 12.5. The van der Waals surface area contributed by atoms with Crippen molar-refractivity contribution < 1.29 is 19.2 Å². The fraction of sp³-hybridized carbons (Fsp3) is 0.167. The van der Waals surface area contributed by atoms with Gasteiger partial charge in [-0.05, 0) is 89.4 Å². The van der Waals surface area contributed by atoms with E-state index in [9.17, 15) is 19.7 Å². The maximum atomic E-state index is 13.9. The number of methoxy groups -OCH3 is 1. The summed E-state index contributed by atoms with van der Waals surface area (Å²) in [6.07, 6.45) is 1.60. The highest BCUT2D eigenvalue weighted by Gasteiger charge is 2.33. The summed E-state index contributed by atoms with van der Waals surface area (Å²) >= 11 is 11.8. The Morgan fingerprint density at radius 3 is 2.60 bits per heavy atom. The molecule has 1 atom stereocenters. The van der Waals surface area contributed by atoms with Gasteiger partial charge in [0.25, 0.3) is 11.2 Å². The predicted molar refractivity (Wildman–Crippen MR) is 170 cm³/mol. The number of hydrogen-bond donors (Lipinski definition) is 0. The monoisotopic (exact) mass is 699 g/mol. The number of halogens is 2. The number of nitro groups is 1. The number of ether oxygens (including phenoxy) is 2. The van der Waals surface area contributed by atoms with Crippen LogP contribution in [-0.2, 0) is 9.53 Å². The summed E-state index contributed by atoms with van der Waals surface area (Å²) in [4.78, 5) is 44.8. The topological polar surface area (TPSA) is 113 Å². The molecule has 5 rings (SSSR count). The van der Waals surface area contributed by atoms with Gasteiger partial charge in [0.1, 0.15) is 5.75 Å². The van der Waals surface area contributed by atoms with E-state index in [1.165, 1.54) is 22.4 Å². The van der Waals surface area contributed by atoms with Crippen LogP contribution in [0.2, 0.25) is 5.02 Å². The molecule has 2 heterocycles. The Bertz CT molecular complexity index is 1970.